The van der Waals surface area contributed by atoms with Crippen LogP contribution in [0.2, 0.25) is 0 Å². The van der Waals surface area contributed by atoms with Crippen LogP contribution in [0, 0.1) is 35.0 Å². The predicted octanol–water partition coefficient (Wildman–Crippen LogP) is 5.06. The number of hydrogen-bond acceptors (Lipinski definition) is 6. The van der Waals surface area contributed by atoms with Crippen molar-refractivity contribution in [2.24, 2.45) is 23.7 Å². The molecule has 4 bridgehead atoms. The number of carbonyl (C=O) groups is 2. The number of nitrogens with zero attached hydrogens (tertiary/aromatic N) is 5. The Kier molecular flexibility index (Phi) is 5.95. The van der Waals surface area contributed by atoms with E-state index in [1.54, 1.807) is 55.1 Å². The summed E-state index contributed by atoms with van der Waals surface area (Å²) in [5, 5.41) is 9.25. The SMILES string of the molecule is CN1C(=CC(=O)c2ccc(C#N)cc2)[N+](C)(C2C3CC4CC(C3)CC2C4)C(=O)C1(c1ccncc1)c1ccncc1. The van der Waals surface area contributed by atoms with Crippen LogP contribution < -0.4 is 0 Å². The Balaban J connectivity index is 1.45. The molecule has 2 aromatic heterocycles. The summed E-state index contributed by atoms with van der Waals surface area (Å²) in [6.07, 6.45) is 14.6. The molecule has 0 spiro atoms. The molecule has 3 aromatic rings. The zero-order valence-corrected chi connectivity index (χ0v) is 23.5. The Morgan fingerprint density at radius 1 is 0.902 bits per heavy atom. The van der Waals surface area contributed by atoms with Crippen molar-refractivity contribution in [3.8, 4) is 6.07 Å². The monoisotopic (exact) mass is 544 g/mol. The van der Waals surface area contributed by atoms with Gasteiger partial charge in [0.25, 0.3) is 0 Å². The van der Waals surface area contributed by atoms with E-state index in [4.69, 9.17) is 0 Å². The van der Waals surface area contributed by atoms with Crippen LogP contribution in [-0.2, 0) is 10.3 Å². The lowest BCUT2D eigenvalue weighted by Crippen LogP contribution is -2.65. The molecule has 1 unspecified atom stereocenters. The number of likely N-dealkylation sites (N-methyl/N-ethyl adjacent to an activating group) is 2. The quantitative estimate of drug-likeness (QED) is 0.254. The van der Waals surface area contributed by atoms with Gasteiger partial charge in [0.05, 0.1) is 24.8 Å². The molecule has 4 aliphatic carbocycles. The number of rotatable bonds is 5. The Labute approximate surface area is 240 Å². The highest BCUT2D eigenvalue weighted by Crippen LogP contribution is 2.60. The molecule has 5 aliphatic rings. The third-order valence-corrected chi connectivity index (χ3v) is 10.6. The fourth-order valence-corrected chi connectivity index (χ4v) is 9.22. The Morgan fingerprint density at radius 2 is 1.41 bits per heavy atom. The van der Waals surface area contributed by atoms with E-state index in [9.17, 15) is 10.1 Å². The summed E-state index contributed by atoms with van der Waals surface area (Å²) in [4.78, 5) is 40.0. The highest BCUT2D eigenvalue weighted by Gasteiger charge is 2.71. The van der Waals surface area contributed by atoms with Gasteiger partial charge in [-0.25, -0.2) is 9.28 Å². The maximum atomic E-state index is 15.5. The van der Waals surface area contributed by atoms with Gasteiger partial charge in [0.15, 0.2) is 5.78 Å². The fourth-order valence-electron chi connectivity index (χ4n) is 9.22. The molecule has 7 heteroatoms. The van der Waals surface area contributed by atoms with Gasteiger partial charge in [0.2, 0.25) is 11.4 Å². The van der Waals surface area contributed by atoms with Crippen molar-refractivity contribution < 1.29 is 14.1 Å². The van der Waals surface area contributed by atoms with Crippen molar-refractivity contribution in [2.45, 2.75) is 43.7 Å². The number of allylic oxidation sites excluding steroid dienone is 1. The third-order valence-electron chi connectivity index (χ3n) is 10.6. The lowest BCUT2D eigenvalue weighted by molar-refractivity contribution is -0.835. The number of nitriles is 1. The van der Waals surface area contributed by atoms with Crippen LogP contribution in [0.1, 0.15) is 59.2 Å². The number of carbonyl (C=O) groups excluding carboxylic acids is 2. The van der Waals surface area contributed by atoms with E-state index in [1.165, 1.54) is 6.42 Å². The number of quaternary nitrogens is 1. The van der Waals surface area contributed by atoms with Crippen LogP contribution in [0.5, 0.6) is 0 Å². The van der Waals surface area contributed by atoms with E-state index in [-0.39, 0.29) is 22.2 Å². The van der Waals surface area contributed by atoms with Crippen LogP contribution in [0.25, 0.3) is 0 Å². The molecule has 1 aromatic carbocycles. The summed E-state index contributed by atoms with van der Waals surface area (Å²) < 4.78 is 0.0952. The molecule has 5 fully saturated rings. The zero-order chi connectivity index (χ0) is 28.4. The zero-order valence-electron chi connectivity index (χ0n) is 23.5. The number of amides is 1. The molecule has 1 atom stereocenters. The summed E-state index contributed by atoms with van der Waals surface area (Å²) in [6, 6.07) is 16.6. The number of ketones is 1. The topological polar surface area (TPSA) is 87.0 Å². The van der Waals surface area contributed by atoms with Crippen molar-refractivity contribution in [3.05, 3.63) is 107 Å². The van der Waals surface area contributed by atoms with Gasteiger partial charge in [-0.1, -0.05) is 0 Å². The van der Waals surface area contributed by atoms with Crippen molar-refractivity contribution in [3.63, 3.8) is 0 Å². The second-order valence-corrected chi connectivity index (χ2v) is 12.6. The first kappa shape index (κ1) is 25.8. The smallest absolute Gasteiger partial charge is 0.304 e. The molecule has 1 amide bonds. The van der Waals surface area contributed by atoms with Crippen molar-refractivity contribution in [1.82, 2.24) is 14.9 Å². The molecule has 8 rings (SSSR count). The van der Waals surface area contributed by atoms with Crippen molar-refractivity contribution in [2.75, 3.05) is 14.1 Å². The lowest BCUT2D eigenvalue weighted by atomic mass is 9.53. The molecule has 4 saturated carbocycles. The molecule has 206 valence electrons. The Morgan fingerprint density at radius 3 is 1.90 bits per heavy atom. The first-order valence-electron chi connectivity index (χ1n) is 14.6. The van der Waals surface area contributed by atoms with Gasteiger partial charge in [0.1, 0.15) is 6.04 Å². The summed E-state index contributed by atoms with van der Waals surface area (Å²) in [6.45, 7) is 0. The van der Waals surface area contributed by atoms with Crippen LogP contribution in [0.3, 0.4) is 0 Å². The van der Waals surface area contributed by atoms with Gasteiger partial charge < -0.3 is 4.90 Å². The molecule has 0 N–H and O–H groups in total. The van der Waals surface area contributed by atoms with Crippen molar-refractivity contribution in [1.29, 1.82) is 5.26 Å². The molecule has 7 nitrogen and oxygen atoms in total. The van der Waals surface area contributed by atoms with Gasteiger partial charge in [-0.2, -0.15) is 5.26 Å². The van der Waals surface area contributed by atoms with E-state index < -0.39 is 5.54 Å². The highest BCUT2D eigenvalue weighted by atomic mass is 16.2. The maximum Gasteiger partial charge on any atom is 0.355 e. The standard InChI is InChI=1S/C34H34N5O2/c1-38-31(20-30(40)25-5-3-22(21-35)4-6-25)39(2,32-26-16-23-15-24(18-26)19-27(32)17-23)33(41)34(38,28-7-11-36-12-8-28)29-9-13-37-14-10-29/h3-14,20,23-24,26-27,32H,15-19H2,1-2H3/q+1. The molecular weight excluding hydrogens is 510 g/mol. The van der Waals surface area contributed by atoms with Crippen LogP contribution >= 0.6 is 0 Å². The average molecular weight is 545 g/mol. The second kappa shape index (κ2) is 9.46. The van der Waals surface area contributed by atoms with Gasteiger partial charge in [0, 0.05) is 49.2 Å². The second-order valence-electron chi connectivity index (χ2n) is 12.6. The number of pyridine rings is 2. The first-order chi connectivity index (χ1) is 19.9. The molecular formula is C34H34N5O2+. The summed E-state index contributed by atoms with van der Waals surface area (Å²) >= 11 is 0. The normalized spacial score (nSPS) is 32.3. The van der Waals surface area contributed by atoms with Crippen LogP contribution in [0.15, 0.2) is 85.2 Å². The minimum atomic E-state index is -1.15. The first-order valence-corrected chi connectivity index (χ1v) is 14.6. The molecule has 0 radical (unpaired) electrons. The number of aromatic nitrogens is 2. The minimum Gasteiger partial charge on any atom is -0.304 e. The summed E-state index contributed by atoms with van der Waals surface area (Å²) in [7, 11) is 4.02. The Bertz CT molecular complexity index is 1510. The largest absolute Gasteiger partial charge is 0.355 e. The average Bonchev–Trinajstić information content (AvgIpc) is 3.16. The van der Waals surface area contributed by atoms with Gasteiger partial charge >= 0.3 is 5.91 Å². The molecule has 41 heavy (non-hydrogen) atoms. The minimum absolute atomic E-state index is 0.0637. The summed E-state index contributed by atoms with van der Waals surface area (Å²) in [5.74, 6) is 3.03. The highest BCUT2D eigenvalue weighted by molar-refractivity contribution is 6.05. The molecule has 1 saturated heterocycles. The van der Waals surface area contributed by atoms with E-state index in [1.807, 2.05) is 36.2 Å². The Hall–Kier alpha value is -4.15. The molecule has 1 aliphatic heterocycles. The fraction of sp³-hybridized carbons (Fsp3) is 0.382. The lowest BCUT2D eigenvalue weighted by Gasteiger charge is -2.57. The molecule has 3 heterocycles. The van der Waals surface area contributed by atoms with Crippen LogP contribution in [0.4, 0.5) is 0 Å². The number of hydrogen-bond donors (Lipinski definition) is 0. The third kappa shape index (κ3) is 3.67. The summed E-state index contributed by atoms with van der Waals surface area (Å²) in [5.41, 5.74) is 1.51. The van der Waals surface area contributed by atoms with Crippen molar-refractivity contribution >= 4 is 11.7 Å². The van der Waals surface area contributed by atoms with E-state index in [2.05, 4.69) is 23.1 Å². The van der Waals surface area contributed by atoms with Gasteiger partial charge in [-0.05, 0) is 104 Å². The van der Waals surface area contributed by atoms with E-state index in [0.29, 0.717) is 23.0 Å². The predicted molar refractivity (Wildman–Crippen MR) is 153 cm³/mol. The van der Waals surface area contributed by atoms with Gasteiger partial charge in [-0.15, -0.1) is 0 Å². The number of benzene rings is 1. The van der Waals surface area contributed by atoms with E-state index in [0.717, 1.165) is 54.5 Å². The van der Waals surface area contributed by atoms with Crippen LogP contribution in [-0.4, -0.2) is 51.2 Å². The van der Waals surface area contributed by atoms with E-state index >= 15 is 4.79 Å². The van der Waals surface area contributed by atoms with Gasteiger partial charge in [-0.3, -0.25) is 14.8 Å². The maximum absolute atomic E-state index is 15.5.